The van der Waals surface area contributed by atoms with Crippen molar-refractivity contribution >= 4 is 28.5 Å². The standard InChI is InChI=1S/C19H19FN6O3/c1-9(2)26-17-11(7-22-26)6-21-16(25-17)19(28)23-13-8-29-14-5-10(3)4-12(20)15(14)24-18(13)27/h4-7,9,13H,8H2,1-3H3,(H,23,28)(H,24,27)/t13-/m0/s1. The number of hydrogen-bond acceptors (Lipinski definition) is 6. The third-order valence-electron chi connectivity index (χ3n) is 4.50. The van der Waals surface area contributed by atoms with E-state index in [1.165, 1.54) is 12.3 Å². The Balaban J connectivity index is 1.56. The van der Waals surface area contributed by atoms with Gasteiger partial charge in [-0.3, -0.25) is 9.59 Å². The molecule has 150 valence electrons. The van der Waals surface area contributed by atoms with Crippen LogP contribution >= 0.6 is 0 Å². The quantitative estimate of drug-likeness (QED) is 0.698. The average Bonchev–Trinajstić information content (AvgIpc) is 3.03. The summed E-state index contributed by atoms with van der Waals surface area (Å²) in [4.78, 5) is 33.4. The second kappa shape index (κ2) is 7.12. The van der Waals surface area contributed by atoms with E-state index in [2.05, 4.69) is 25.7 Å². The average molecular weight is 398 g/mol. The maximum atomic E-state index is 14.2. The molecule has 1 aliphatic heterocycles. The molecule has 0 aliphatic carbocycles. The van der Waals surface area contributed by atoms with Crippen LogP contribution in [0.1, 0.15) is 36.1 Å². The second-order valence-corrected chi connectivity index (χ2v) is 7.10. The lowest BCUT2D eigenvalue weighted by molar-refractivity contribution is -0.118. The van der Waals surface area contributed by atoms with Crippen molar-refractivity contribution in [3.63, 3.8) is 0 Å². The van der Waals surface area contributed by atoms with Crippen LogP contribution in [0, 0.1) is 12.7 Å². The zero-order valence-electron chi connectivity index (χ0n) is 16.1. The number of aryl methyl sites for hydroxylation is 1. The third-order valence-corrected chi connectivity index (χ3v) is 4.50. The van der Waals surface area contributed by atoms with Crippen LogP contribution in [0.25, 0.3) is 11.0 Å². The smallest absolute Gasteiger partial charge is 0.289 e. The molecular formula is C19H19FN6O3. The fraction of sp³-hybridized carbons (Fsp3) is 0.316. The van der Waals surface area contributed by atoms with Crippen LogP contribution in [-0.2, 0) is 4.79 Å². The molecule has 2 N–H and O–H groups in total. The SMILES string of the molecule is Cc1cc(F)c2c(c1)OC[C@H](NC(=O)c1ncc3cnn(C(C)C)c3n1)C(=O)N2. The van der Waals surface area contributed by atoms with Crippen molar-refractivity contribution in [2.24, 2.45) is 0 Å². The molecule has 2 amide bonds. The summed E-state index contributed by atoms with van der Waals surface area (Å²) < 4.78 is 21.4. The minimum atomic E-state index is -1.04. The lowest BCUT2D eigenvalue weighted by Crippen LogP contribution is -2.46. The van der Waals surface area contributed by atoms with Crippen LogP contribution in [0.4, 0.5) is 10.1 Å². The van der Waals surface area contributed by atoms with Gasteiger partial charge in [0.1, 0.15) is 24.1 Å². The normalized spacial score (nSPS) is 16.2. The summed E-state index contributed by atoms with van der Waals surface area (Å²) in [5.74, 6) is -1.72. The van der Waals surface area contributed by atoms with E-state index in [4.69, 9.17) is 4.74 Å². The number of fused-ring (bicyclic) bond motifs is 2. The van der Waals surface area contributed by atoms with E-state index >= 15 is 0 Å². The molecule has 1 atom stereocenters. The number of aromatic nitrogens is 4. The van der Waals surface area contributed by atoms with Crippen LogP contribution in [0.5, 0.6) is 5.75 Å². The van der Waals surface area contributed by atoms with Gasteiger partial charge in [-0.15, -0.1) is 0 Å². The van der Waals surface area contributed by atoms with Gasteiger partial charge in [-0.1, -0.05) is 0 Å². The molecule has 0 saturated carbocycles. The largest absolute Gasteiger partial charge is 0.489 e. The Hall–Kier alpha value is -3.56. The molecule has 0 saturated heterocycles. The number of carbonyl (C=O) groups excluding carboxylic acids is 2. The first-order valence-corrected chi connectivity index (χ1v) is 9.08. The van der Waals surface area contributed by atoms with Crippen molar-refractivity contribution in [2.75, 3.05) is 11.9 Å². The van der Waals surface area contributed by atoms with Crippen molar-refractivity contribution in [1.82, 2.24) is 25.1 Å². The Bertz CT molecular complexity index is 1130. The van der Waals surface area contributed by atoms with Gasteiger partial charge in [0.15, 0.2) is 11.5 Å². The summed E-state index contributed by atoms with van der Waals surface area (Å²) in [6.07, 6.45) is 3.12. The number of nitrogens with zero attached hydrogens (tertiary/aromatic N) is 4. The number of nitrogens with one attached hydrogen (secondary N) is 2. The summed E-state index contributed by atoms with van der Waals surface area (Å²) in [6.45, 7) is 5.45. The van der Waals surface area contributed by atoms with E-state index in [9.17, 15) is 14.0 Å². The number of hydrogen-bond donors (Lipinski definition) is 2. The molecule has 10 heteroatoms. The lowest BCUT2D eigenvalue weighted by atomic mass is 10.2. The Morgan fingerprint density at radius 1 is 1.38 bits per heavy atom. The first-order chi connectivity index (χ1) is 13.8. The number of anilines is 1. The monoisotopic (exact) mass is 398 g/mol. The highest BCUT2D eigenvalue weighted by molar-refractivity contribution is 6.01. The van der Waals surface area contributed by atoms with Crippen molar-refractivity contribution in [1.29, 1.82) is 0 Å². The van der Waals surface area contributed by atoms with Gasteiger partial charge in [0, 0.05) is 12.2 Å². The molecular weight excluding hydrogens is 379 g/mol. The minimum absolute atomic E-state index is 0.0455. The maximum absolute atomic E-state index is 14.2. The Morgan fingerprint density at radius 3 is 2.93 bits per heavy atom. The van der Waals surface area contributed by atoms with Crippen LogP contribution in [0.15, 0.2) is 24.5 Å². The van der Waals surface area contributed by atoms with Gasteiger partial charge in [-0.05, 0) is 38.5 Å². The molecule has 1 aromatic carbocycles. The Kier molecular flexibility index (Phi) is 4.61. The number of halogens is 1. The van der Waals surface area contributed by atoms with Crippen LogP contribution < -0.4 is 15.4 Å². The number of benzene rings is 1. The zero-order chi connectivity index (χ0) is 20.7. The molecule has 0 radical (unpaired) electrons. The van der Waals surface area contributed by atoms with Crippen molar-refractivity contribution in [2.45, 2.75) is 32.9 Å². The van der Waals surface area contributed by atoms with Crippen LogP contribution in [0.2, 0.25) is 0 Å². The van der Waals surface area contributed by atoms with E-state index in [1.807, 2.05) is 13.8 Å². The summed E-state index contributed by atoms with van der Waals surface area (Å²) in [5, 5.41) is 9.95. The van der Waals surface area contributed by atoms with Crippen molar-refractivity contribution < 1.29 is 18.7 Å². The van der Waals surface area contributed by atoms with Gasteiger partial charge < -0.3 is 15.4 Å². The molecule has 0 spiro atoms. The molecule has 0 fully saturated rings. The zero-order valence-corrected chi connectivity index (χ0v) is 16.1. The summed E-state index contributed by atoms with van der Waals surface area (Å²) in [7, 11) is 0. The van der Waals surface area contributed by atoms with Crippen LogP contribution in [-0.4, -0.2) is 44.2 Å². The number of amides is 2. The Labute approximate surface area is 165 Å². The van der Waals surface area contributed by atoms with Crippen molar-refractivity contribution in [3.8, 4) is 5.75 Å². The highest BCUT2D eigenvalue weighted by atomic mass is 19.1. The summed E-state index contributed by atoms with van der Waals surface area (Å²) in [5.41, 5.74) is 1.13. The molecule has 0 bridgehead atoms. The van der Waals surface area contributed by atoms with E-state index in [-0.39, 0.29) is 29.9 Å². The van der Waals surface area contributed by atoms with E-state index in [0.29, 0.717) is 16.6 Å². The van der Waals surface area contributed by atoms with E-state index in [1.54, 1.807) is 23.9 Å². The fourth-order valence-electron chi connectivity index (χ4n) is 3.06. The van der Waals surface area contributed by atoms with E-state index in [0.717, 1.165) is 0 Å². The highest BCUT2D eigenvalue weighted by Gasteiger charge is 2.29. The van der Waals surface area contributed by atoms with Crippen LogP contribution in [0.3, 0.4) is 0 Å². The first kappa shape index (κ1) is 18.8. The van der Waals surface area contributed by atoms with Gasteiger partial charge in [0.2, 0.25) is 5.82 Å². The number of carbonyl (C=O) groups is 2. The molecule has 3 aromatic rings. The van der Waals surface area contributed by atoms with Gasteiger partial charge in [0.25, 0.3) is 11.8 Å². The van der Waals surface area contributed by atoms with E-state index < -0.39 is 23.7 Å². The number of ether oxygens (including phenoxy) is 1. The molecule has 0 unspecified atom stereocenters. The third kappa shape index (κ3) is 3.48. The second-order valence-electron chi connectivity index (χ2n) is 7.10. The van der Waals surface area contributed by atoms with Crippen molar-refractivity contribution in [3.05, 3.63) is 41.7 Å². The molecule has 2 aromatic heterocycles. The van der Waals surface area contributed by atoms with Gasteiger partial charge in [-0.2, -0.15) is 5.10 Å². The molecule has 3 heterocycles. The van der Waals surface area contributed by atoms with Gasteiger partial charge in [0.05, 0.1) is 11.6 Å². The summed E-state index contributed by atoms with van der Waals surface area (Å²) >= 11 is 0. The lowest BCUT2D eigenvalue weighted by Gasteiger charge is -2.14. The predicted octanol–water partition coefficient (Wildman–Crippen LogP) is 1.98. The highest BCUT2D eigenvalue weighted by Crippen LogP contribution is 2.31. The Morgan fingerprint density at radius 2 is 2.17 bits per heavy atom. The number of rotatable bonds is 3. The first-order valence-electron chi connectivity index (χ1n) is 9.08. The maximum Gasteiger partial charge on any atom is 0.289 e. The summed E-state index contributed by atoms with van der Waals surface area (Å²) in [6, 6.07) is 1.93. The van der Waals surface area contributed by atoms with Gasteiger partial charge in [-0.25, -0.2) is 19.0 Å². The minimum Gasteiger partial charge on any atom is -0.489 e. The topological polar surface area (TPSA) is 111 Å². The molecule has 1 aliphatic rings. The molecule has 4 rings (SSSR count). The van der Waals surface area contributed by atoms with Gasteiger partial charge >= 0.3 is 0 Å². The fourth-order valence-corrected chi connectivity index (χ4v) is 3.06. The predicted molar refractivity (Wildman–Crippen MR) is 102 cm³/mol. The molecule has 29 heavy (non-hydrogen) atoms. The molecule has 9 nitrogen and oxygen atoms in total.